The second-order valence-electron chi connectivity index (χ2n) is 9.01. The van der Waals surface area contributed by atoms with Crippen LogP contribution in [0.1, 0.15) is 25.0 Å². The fraction of sp³-hybridized carbons (Fsp3) is 0.357. The Balaban J connectivity index is 1.73. The van der Waals surface area contributed by atoms with Crippen molar-refractivity contribution < 1.29 is 51.0 Å². The zero-order chi connectivity index (χ0) is 33.3. The number of ether oxygens (including phenoxy) is 3. The number of benzene rings is 2. The smallest absolute Gasteiger partial charge is 0.457 e. The molecule has 0 aliphatic carbocycles. The Hall–Kier alpha value is -3.68. The molecule has 244 valence electrons. The number of rotatable bonds is 20. The Labute approximate surface area is 261 Å². The SMILES string of the molecule is C=C(C)C(=O)OCc1ccc(/N=N/P(=O)(OC)OCCOCCOP(=O)(/N=N/c2ccc(COC(=O)C(=C)C)cc2)OC)cc1. The predicted molar refractivity (Wildman–Crippen MR) is 163 cm³/mol. The Morgan fingerprint density at radius 1 is 0.644 bits per heavy atom. The summed E-state index contributed by atoms with van der Waals surface area (Å²) >= 11 is 0. The van der Waals surface area contributed by atoms with E-state index in [9.17, 15) is 18.7 Å². The minimum Gasteiger partial charge on any atom is -0.457 e. The summed E-state index contributed by atoms with van der Waals surface area (Å²) in [5.41, 5.74) is 2.77. The van der Waals surface area contributed by atoms with Crippen molar-refractivity contribution in [2.45, 2.75) is 27.1 Å². The van der Waals surface area contributed by atoms with Crippen molar-refractivity contribution >= 4 is 38.8 Å². The average molecular weight is 667 g/mol. The Bertz CT molecular complexity index is 1350. The van der Waals surface area contributed by atoms with Crippen molar-refractivity contribution in [1.29, 1.82) is 0 Å². The molecule has 45 heavy (non-hydrogen) atoms. The van der Waals surface area contributed by atoms with Gasteiger partial charge in [-0.05, 0) is 49.2 Å². The first-order valence-electron chi connectivity index (χ1n) is 13.3. The molecule has 0 saturated heterocycles. The zero-order valence-corrected chi connectivity index (χ0v) is 27.2. The third-order valence-electron chi connectivity index (χ3n) is 5.27. The second kappa shape index (κ2) is 19.0. The van der Waals surface area contributed by atoms with Crippen molar-refractivity contribution in [3.63, 3.8) is 0 Å². The quantitative estimate of drug-likeness (QED) is 0.0453. The van der Waals surface area contributed by atoms with Gasteiger partial charge in [0.2, 0.25) is 0 Å². The van der Waals surface area contributed by atoms with Crippen molar-refractivity contribution in [2.24, 2.45) is 20.0 Å². The number of esters is 2. The molecule has 0 aliphatic heterocycles. The summed E-state index contributed by atoms with van der Waals surface area (Å²) in [6.45, 7) is 9.94. The lowest BCUT2D eigenvalue weighted by molar-refractivity contribution is -0.141. The van der Waals surface area contributed by atoms with Gasteiger partial charge in [-0.1, -0.05) is 47.2 Å². The molecular formula is C28H36N4O11P2. The number of hydrogen-bond acceptors (Lipinski definition) is 13. The van der Waals surface area contributed by atoms with Gasteiger partial charge in [0, 0.05) is 25.4 Å². The van der Waals surface area contributed by atoms with E-state index >= 15 is 0 Å². The molecule has 0 saturated carbocycles. The van der Waals surface area contributed by atoms with Gasteiger partial charge in [-0.15, -0.1) is 10.2 Å². The molecule has 2 aromatic rings. The maximum Gasteiger partial charge on any atom is 0.471 e. The van der Waals surface area contributed by atoms with E-state index < -0.39 is 27.4 Å². The van der Waals surface area contributed by atoms with Crippen LogP contribution < -0.4 is 0 Å². The monoisotopic (exact) mass is 666 g/mol. The van der Waals surface area contributed by atoms with Gasteiger partial charge >= 0.3 is 27.4 Å². The molecule has 0 amide bonds. The standard InChI is InChI=1S/C28H36N4O11P2/c1-21(2)27(33)40-19-23-7-11-25(12-8-23)29-31-44(35,37-5)42-17-15-39-16-18-43-45(36,38-6)32-30-26-13-9-24(10-14-26)20-41-28(34)22(3)4/h7-14H,1,3,15-20H2,2,4-6H3/b31-29+,32-30+. The first-order chi connectivity index (χ1) is 21.4. The van der Waals surface area contributed by atoms with Crippen LogP contribution in [-0.2, 0) is 64.2 Å². The molecule has 0 fully saturated rings. The Morgan fingerprint density at radius 2 is 1.00 bits per heavy atom. The highest BCUT2D eigenvalue weighted by Gasteiger charge is 2.24. The van der Waals surface area contributed by atoms with Gasteiger partial charge in [0.15, 0.2) is 0 Å². The topological polar surface area (TPSA) is 182 Å². The van der Waals surface area contributed by atoms with Crippen LogP contribution in [0.5, 0.6) is 0 Å². The predicted octanol–water partition coefficient (Wildman–Crippen LogP) is 7.35. The lowest BCUT2D eigenvalue weighted by Crippen LogP contribution is -2.08. The first-order valence-corrected chi connectivity index (χ1v) is 16.3. The van der Waals surface area contributed by atoms with Crippen LogP contribution in [0.4, 0.5) is 11.4 Å². The van der Waals surface area contributed by atoms with E-state index in [0.717, 1.165) is 0 Å². The van der Waals surface area contributed by atoms with Crippen LogP contribution in [0.25, 0.3) is 0 Å². The molecule has 15 nitrogen and oxygen atoms in total. The highest BCUT2D eigenvalue weighted by molar-refractivity contribution is 7.52. The summed E-state index contributed by atoms with van der Waals surface area (Å²) in [7, 11) is -5.48. The lowest BCUT2D eigenvalue weighted by Gasteiger charge is -2.12. The summed E-state index contributed by atoms with van der Waals surface area (Å²) in [4.78, 5) is 30.4. The van der Waals surface area contributed by atoms with Gasteiger partial charge in [0.25, 0.3) is 0 Å². The highest BCUT2D eigenvalue weighted by atomic mass is 31.2. The molecule has 17 heteroatoms. The van der Waals surface area contributed by atoms with E-state index in [4.69, 9.17) is 32.3 Å². The molecule has 0 heterocycles. The summed E-state index contributed by atoms with van der Waals surface area (Å²) in [6.07, 6.45) is 0. The van der Waals surface area contributed by atoms with Crippen LogP contribution in [0.15, 0.2) is 92.8 Å². The molecule has 0 spiro atoms. The van der Waals surface area contributed by atoms with E-state index in [1.807, 2.05) is 0 Å². The maximum atomic E-state index is 12.7. The van der Waals surface area contributed by atoms with Gasteiger partial charge in [-0.2, -0.15) is 0 Å². The summed E-state index contributed by atoms with van der Waals surface area (Å²) in [5.74, 6) is -0.987. The molecule has 2 atom stereocenters. The first kappa shape index (κ1) is 37.5. The fourth-order valence-electron chi connectivity index (χ4n) is 2.83. The van der Waals surface area contributed by atoms with E-state index in [0.29, 0.717) is 33.6 Å². The fourth-order valence-corrected chi connectivity index (χ4v) is 4.33. The molecule has 2 aromatic carbocycles. The molecule has 2 unspecified atom stereocenters. The minimum atomic E-state index is -3.90. The molecule has 0 aliphatic rings. The van der Waals surface area contributed by atoms with E-state index in [-0.39, 0.29) is 39.6 Å². The van der Waals surface area contributed by atoms with Gasteiger partial charge in [0.05, 0.1) is 37.8 Å². The molecule has 0 bridgehead atoms. The lowest BCUT2D eigenvalue weighted by atomic mass is 10.2. The van der Waals surface area contributed by atoms with Gasteiger partial charge < -0.3 is 14.2 Å². The van der Waals surface area contributed by atoms with Crippen LogP contribution in [-0.4, -0.2) is 52.6 Å². The van der Waals surface area contributed by atoms with Gasteiger partial charge in [-0.3, -0.25) is 18.1 Å². The van der Waals surface area contributed by atoms with E-state index in [1.165, 1.54) is 14.2 Å². The number of hydrogen-bond donors (Lipinski definition) is 0. The number of carbonyl (C=O) groups is 2. The zero-order valence-electron chi connectivity index (χ0n) is 25.4. The summed E-state index contributed by atoms with van der Waals surface area (Å²) in [6, 6.07) is 13.1. The maximum absolute atomic E-state index is 12.7. The minimum absolute atomic E-state index is 0.0172. The molecule has 0 radical (unpaired) electrons. The largest absolute Gasteiger partial charge is 0.471 e. The van der Waals surface area contributed by atoms with Crippen LogP contribution >= 0.6 is 15.5 Å². The normalized spacial score (nSPS) is 14.1. The molecule has 0 aromatic heterocycles. The van der Waals surface area contributed by atoms with Crippen molar-refractivity contribution in [2.75, 3.05) is 40.6 Å². The molecule has 2 rings (SSSR count). The summed E-state index contributed by atoms with van der Waals surface area (Å²) < 4.78 is 61.0. The number of nitrogens with zero attached hydrogens (tertiary/aromatic N) is 4. The van der Waals surface area contributed by atoms with Gasteiger partial charge in [-0.25, -0.2) is 18.7 Å². The highest BCUT2D eigenvalue weighted by Crippen LogP contribution is 2.50. The Morgan fingerprint density at radius 3 is 1.31 bits per heavy atom. The van der Waals surface area contributed by atoms with Crippen molar-refractivity contribution in [3.05, 3.63) is 84.0 Å². The van der Waals surface area contributed by atoms with Crippen molar-refractivity contribution in [1.82, 2.24) is 0 Å². The molecule has 0 N–H and O–H groups in total. The molecular weight excluding hydrogens is 630 g/mol. The van der Waals surface area contributed by atoms with Crippen LogP contribution in [0.3, 0.4) is 0 Å². The van der Waals surface area contributed by atoms with E-state index in [1.54, 1.807) is 62.4 Å². The van der Waals surface area contributed by atoms with Crippen LogP contribution in [0, 0.1) is 0 Å². The third kappa shape index (κ3) is 14.3. The average Bonchev–Trinajstić information content (AvgIpc) is 3.04. The Kier molecular flexibility index (Phi) is 15.8. The third-order valence-corrected chi connectivity index (χ3v) is 7.83. The van der Waals surface area contributed by atoms with E-state index in [2.05, 4.69) is 33.2 Å². The van der Waals surface area contributed by atoms with Crippen LogP contribution in [0.2, 0.25) is 0 Å². The number of carbonyl (C=O) groups excluding carboxylic acids is 2. The summed E-state index contributed by atoms with van der Waals surface area (Å²) in [5, 5.41) is 7.77. The van der Waals surface area contributed by atoms with Gasteiger partial charge in [0.1, 0.15) is 13.2 Å². The van der Waals surface area contributed by atoms with Crippen molar-refractivity contribution in [3.8, 4) is 0 Å². The second-order valence-corrected chi connectivity index (χ2v) is 12.5.